The second-order valence-corrected chi connectivity index (χ2v) is 29.8. The second kappa shape index (κ2) is 57.4. The summed E-state index contributed by atoms with van der Waals surface area (Å²) in [6.07, 6.45) is 2.47. The highest BCUT2D eigenvalue weighted by Gasteiger charge is 2.40. The standard InChI is InChI=1S/C72H125N31O19S/c1-38(91-66(118)51(36-123)100-63(115)44(15-4-7-25-73)94-60(112)45(17-6-9-31-89-102-81)96-67(119)52-22-14-32-103(52)53(105)35-87-58(110)43(19-11-28-84-70(75)76)93-59(111)42-18-10-27-83-42)56(108)92-47(20-12-29-85-71(77)78)61(113)95-46(16-5-8-26-74)64(116)101-55(40(3)104)68(120)97-48(21-13-30-86-72(79)80)62(114)99-50(33-41-34-82-37-88-41)65(117)90-39(2)57(109)98-49(69(121)122)23-24-54(106)107/h34,37-40,42-52,55,83,104,123H,4-33,35-36,73-74H2,1-3H3,(H,82,88)(H,87,110)(H,90,117)(H,91,118)(H,92,108)(H,93,111)(H,94,112)(H,95,113)(H,96,119)(H,97,120)(H,98,109)(H,99,114)(H,100,115)(H,101,116)(H,106,107)(H,121,122)(H4,75,76,84)(H4,77,78,85)(H4,79,80,86)/t38-,39-,40+,42-,43-,44-,45-,46-,47-,48-,49-,50-,51-,52-,55-/m0/s1. The zero-order chi connectivity index (χ0) is 91.7. The number of carboxylic acid groups (broad SMARTS) is 2. The summed E-state index contributed by atoms with van der Waals surface area (Å²) in [7, 11) is 0. The van der Waals surface area contributed by atoms with Crippen LogP contribution >= 0.6 is 12.6 Å². The van der Waals surface area contributed by atoms with Gasteiger partial charge in [-0.2, -0.15) is 12.6 Å². The Morgan fingerprint density at radius 2 is 0.943 bits per heavy atom. The van der Waals surface area contributed by atoms with Crippen molar-refractivity contribution >= 4 is 125 Å². The number of nitrogens with zero attached hydrogens (tertiary/aromatic N) is 8. The van der Waals surface area contributed by atoms with E-state index in [1.165, 1.54) is 31.3 Å². The summed E-state index contributed by atoms with van der Waals surface area (Å²) in [5.41, 5.74) is 54.0. The molecule has 3 heterocycles. The van der Waals surface area contributed by atoms with Crippen LogP contribution in [0.3, 0.4) is 0 Å². The molecule has 0 saturated carbocycles. The highest BCUT2D eigenvalue weighted by molar-refractivity contribution is 7.80. The number of likely N-dealkylation sites (tertiary alicyclic amines) is 1. The number of guanidine groups is 3. The number of H-pyrrole nitrogens is 1. The Balaban J connectivity index is 1.87. The molecule has 0 bridgehead atoms. The fraction of sp³-hybridized carbons (Fsp3) is 0.694. The monoisotopic (exact) mass is 1760 g/mol. The van der Waals surface area contributed by atoms with Crippen LogP contribution in [0.15, 0.2) is 32.6 Å². The molecular formula is C72H125N31O19S. The first kappa shape index (κ1) is 105. The number of thiol groups is 1. The lowest BCUT2D eigenvalue weighted by Crippen LogP contribution is -2.62. The molecule has 15 atom stereocenters. The van der Waals surface area contributed by atoms with Crippen LogP contribution in [0.5, 0.6) is 0 Å². The van der Waals surface area contributed by atoms with Crippen LogP contribution in [0.4, 0.5) is 0 Å². The molecule has 14 amide bonds. The molecule has 1 aromatic rings. The van der Waals surface area contributed by atoms with Gasteiger partial charge in [-0.05, 0) is 168 Å². The summed E-state index contributed by atoms with van der Waals surface area (Å²) in [4.78, 5) is 242. The molecule has 1 aromatic heterocycles. The number of aliphatic imine (C=N–C) groups is 3. The van der Waals surface area contributed by atoms with Gasteiger partial charge in [0, 0.05) is 68.1 Å². The van der Waals surface area contributed by atoms with E-state index in [-0.39, 0.29) is 159 Å². The summed E-state index contributed by atoms with van der Waals surface area (Å²) in [5, 5.41) is 69.3. The number of hydrogen-bond donors (Lipinski definition) is 27. The minimum absolute atomic E-state index is 0.0123. The maximum absolute atomic E-state index is 14.6. The van der Waals surface area contributed by atoms with Gasteiger partial charge in [0.1, 0.15) is 78.5 Å². The molecule has 50 nitrogen and oxygen atoms in total. The lowest BCUT2D eigenvalue weighted by Gasteiger charge is -2.29. The van der Waals surface area contributed by atoms with Gasteiger partial charge in [-0.15, -0.1) is 0 Å². The first-order valence-corrected chi connectivity index (χ1v) is 41.3. The van der Waals surface area contributed by atoms with Crippen molar-refractivity contribution in [3.63, 3.8) is 0 Å². The highest BCUT2D eigenvalue weighted by Crippen LogP contribution is 2.20. The van der Waals surface area contributed by atoms with Gasteiger partial charge in [0.15, 0.2) is 17.9 Å². The van der Waals surface area contributed by atoms with Gasteiger partial charge in [0.2, 0.25) is 82.7 Å². The number of carbonyl (C=O) groups excluding carboxylic acids is 14. The summed E-state index contributed by atoms with van der Waals surface area (Å²) in [6.45, 7) is 4.02. The first-order chi connectivity index (χ1) is 58.4. The van der Waals surface area contributed by atoms with E-state index in [0.29, 0.717) is 38.6 Å². The number of amides is 14. The van der Waals surface area contributed by atoms with Crippen molar-refractivity contribution in [2.24, 2.45) is 66.0 Å². The Morgan fingerprint density at radius 3 is 1.39 bits per heavy atom. The molecule has 0 aromatic carbocycles. The molecule has 51 heteroatoms. The van der Waals surface area contributed by atoms with E-state index in [1.54, 1.807) is 0 Å². The smallest absolute Gasteiger partial charge is 0.326 e. The molecule has 2 aliphatic rings. The van der Waals surface area contributed by atoms with Crippen molar-refractivity contribution < 1.29 is 92.0 Å². The van der Waals surface area contributed by atoms with Crippen molar-refractivity contribution in [1.29, 1.82) is 0 Å². The average Bonchev–Trinajstić information content (AvgIpc) is 1.70. The molecule has 123 heavy (non-hydrogen) atoms. The molecule has 0 spiro atoms. The van der Waals surface area contributed by atoms with Crippen molar-refractivity contribution in [3.05, 3.63) is 28.7 Å². The molecule has 0 aliphatic carbocycles. The van der Waals surface area contributed by atoms with Crippen LogP contribution in [0.1, 0.15) is 161 Å². The van der Waals surface area contributed by atoms with Gasteiger partial charge in [-0.25, -0.2) is 9.78 Å². The summed E-state index contributed by atoms with van der Waals surface area (Å²) in [6, 6.07) is -19.8. The van der Waals surface area contributed by atoms with Crippen molar-refractivity contribution in [1.82, 2.24) is 89.3 Å². The number of nitrogens with two attached hydrogens (primary N) is 8. The van der Waals surface area contributed by atoms with Crippen LogP contribution in [-0.4, -0.2) is 298 Å². The number of carboxylic acids is 2. The van der Waals surface area contributed by atoms with Crippen LogP contribution in [-0.2, 0) is 83.1 Å². The second-order valence-electron chi connectivity index (χ2n) is 29.4. The van der Waals surface area contributed by atoms with Gasteiger partial charge in [-0.3, -0.25) is 86.9 Å². The van der Waals surface area contributed by atoms with Crippen LogP contribution in [0, 0.1) is 0 Å². The Kier molecular flexibility index (Phi) is 49.1. The minimum Gasteiger partial charge on any atom is -0.481 e. The fourth-order valence-electron chi connectivity index (χ4n) is 12.8. The number of aliphatic hydroxyl groups is 1. The predicted octanol–water partition coefficient (Wildman–Crippen LogP) is -9.17. The van der Waals surface area contributed by atoms with Crippen molar-refractivity contribution in [2.45, 2.75) is 253 Å². The van der Waals surface area contributed by atoms with Gasteiger partial charge in [0.05, 0.1) is 25.0 Å². The molecule has 688 valence electrons. The number of aromatic nitrogens is 2. The Labute approximate surface area is 715 Å². The molecule has 2 aliphatic heterocycles. The largest absolute Gasteiger partial charge is 0.481 e. The zero-order valence-electron chi connectivity index (χ0n) is 69.5. The van der Waals surface area contributed by atoms with E-state index in [2.05, 4.69) is 122 Å². The van der Waals surface area contributed by atoms with E-state index in [0.717, 1.165) is 13.3 Å². The number of nitrogens with one attached hydrogen (secondary N) is 15. The number of aliphatic hydroxyl groups excluding tert-OH is 1. The lowest BCUT2D eigenvalue weighted by molar-refractivity contribution is -0.143. The van der Waals surface area contributed by atoms with Crippen LogP contribution in [0.25, 0.3) is 10.4 Å². The van der Waals surface area contributed by atoms with Crippen molar-refractivity contribution in [2.75, 3.05) is 64.7 Å². The Hall–Kier alpha value is -12.0. The molecule has 3 rings (SSSR count). The third-order valence-electron chi connectivity index (χ3n) is 19.5. The number of aliphatic carboxylic acids is 2. The first-order valence-electron chi connectivity index (χ1n) is 40.7. The fourth-order valence-corrected chi connectivity index (χ4v) is 13.0. The predicted molar refractivity (Wildman–Crippen MR) is 449 cm³/mol. The number of unbranched alkanes of at least 4 members (excludes halogenated alkanes) is 3. The normalized spacial score (nSPS) is 16.6. The quantitative estimate of drug-likeness (QED) is 0.00548. The summed E-state index contributed by atoms with van der Waals surface area (Å²) >= 11 is 4.31. The average molecular weight is 1760 g/mol. The maximum Gasteiger partial charge on any atom is 0.326 e. The number of carbonyl (C=O) groups is 16. The molecule has 0 radical (unpaired) electrons. The molecule has 2 saturated heterocycles. The number of hydrogen-bond acceptors (Lipinski definition) is 26. The summed E-state index contributed by atoms with van der Waals surface area (Å²) in [5.74, 6) is -16.6. The molecule has 0 unspecified atom stereocenters. The number of rotatable bonds is 60. The SMILES string of the molecule is C[C@H](NC(=O)[C@H](CS)NC(=O)[C@H](CCCCN)NC(=O)[C@H](CCCCN=[N+]=[N-])NC(=O)[C@@H]1CCCN1C(=O)CNC(=O)[C@H](CCCN=C(N)N)NC(=O)[C@@H]1CCCN1)C(=O)N[C@@H](CCCN=C(N)N)C(=O)N[C@@H](CCCCN)C(=O)N[C@H](C(=O)N[C@@H](CCCN=C(N)N)C(=O)N[C@@H](Cc1cnc[nH]1)C(=O)N[C@@H](C)C(=O)N[C@@H](CCC(=O)O)C(=O)O)[C@@H](C)O. The van der Waals surface area contributed by atoms with Crippen LogP contribution in [0.2, 0.25) is 0 Å². The Morgan fingerprint density at radius 1 is 0.512 bits per heavy atom. The van der Waals surface area contributed by atoms with Gasteiger partial charge >= 0.3 is 11.9 Å². The highest BCUT2D eigenvalue weighted by atomic mass is 32.1. The third-order valence-corrected chi connectivity index (χ3v) is 19.9. The molecule has 34 N–H and O–H groups in total. The van der Waals surface area contributed by atoms with Gasteiger partial charge < -0.3 is 146 Å². The van der Waals surface area contributed by atoms with E-state index >= 15 is 0 Å². The van der Waals surface area contributed by atoms with E-state index in [9.17, 15) is 86.9 Å². The van der Waals surface area contributed by atoms with E-state index in [4.69, 9.17) is 56.5 Å². The molecular weight excluding hydrogens is 1640 g/mol. The minimum atomic E-state index is -1.90. The Bertz CT molecular complexity index is 3800. The van der Waals surface area contributed by atoms with Crippen LogP contribution < -0.4 is 120 Å². The van der Waals surface area contributed by atoms with E-state index < -0.39 is 210 Å². The lowest BCUT2D eigenvalue weighted by atomic mass is 10.0. The van der Waals surface area contributed by atoms with Crippen molar-refractivity contribution in [3.8, 4) is 0 Å². The van der Waals surface area contributed by atoms with Gasteiger partial charge in [-0.1, -0.05) is 11.5 Å². The molecule has 2 fully saturated rings. The number of aromatic amines is 1. The van der Waals surface area contributed by atoms with E-state index in [1.807, 2.05) is 0 Å². The number of imidazole rings is 1. The number of azide groups is 1. The zero-order valence-corrected chi connectivity index (χ0v) is 70.4. The topological polar surface area (TPSA) is 828 Å². The maximum atomic E-state index is 14.6. The summed E-state index contributed by atoms with van der Waals surface area (Å²) < 4.78 is 0. The van der Waals surface area contributed by atoms with Gasteiger partial charge in [0.25, 0.3) is 0 Å². The third kappa shape index (κ3) is 40.5.